The van der Waals surface area contributed by atoms with E-state index in [2.05, 4.69) is 26.8 Å². The molecule has 0 bridgehead atoms. The van der Waals surface area contributed by atoms with Gasteiger partial charge in [0.05, 0.1) is 4.90 Å². The summed E-state index contributed by atoms with van der Waals surface area (Å²) in [6, 6.07) is 13.5. The lowest BCUT2D eigenvalue weighted by Crippen LogP contribution is -2.46. The maximum atomic E-state index is 12.6. The minimum atomic E-state index is -3.69. The fraction of sp³-hybridized carbons (Fsp3) is 0.350. The van der Waals surface area contributed by atoms with E-state index < -0.39 is 10.0 Å². The number of nitrogens with zero attached hydrogens (tertiary/aromatic N) is 2. The first-order chi connectivity index (χ1) is 13.4. The molecular formula is C20H26N4O3S. The summed E-state index contributed by atoms with van der Waals surface area (Å²) in [7, 11) is -3.69. The molecule has 0 atom stereocenters. The van der Waals surface area contributed by atoms with Crippen molar-refractivity contribution in [2.45, 2.75) is 18.7 Å². The van der Waals surface area contributed by atoms with Crippen LogP contribution in [0.1, 0.15) is 13.8 Å². The zero-order valence-corrected chi connectivity index (χ0v) is 17.0. The molecule has 8 heteroatoms. The summed E-state index contributed by atoms with van der Waals surface area (Å²) in [6.07, 6.45) is 0. The van der Waals surface area contributed by atoms with Crippen LogP contribution in [0.15, 0.2) is 53.4 Å². The predicted molar refractivity (Wildman–Crippen MR) is 112 cm³/mol. The number of sulfonamides is 1. The Kier molecular flexibility index (Phi) is 6.21. The summed E-state index contributed by atoms with van der Waals surface area (Å²) >= 11 is 0. The maximum absolute atomic E-state index is 12.6. The number of carbonyl (C=O) groups excluding carboxylic acids is 1. The Bertz CT molecular complexity index is 903. The lowest BCUT2D eigenvalue weighted by Gasteiger charge is -2.35. The van der Waals surface area contributed by atoms with Crippen molar-refractivity contribution < 1.29 is 13.2 Å². The van der Waals surface area contributed by atoms with E-state index in [-0.39, 0.29) is 10.8 Å². The van der Waals surface area contributed by atoms with E-state index in [0.29, 0.717) is 11.4 Å². The van der Waals surface area contributed by atoms with Crippen LogP contribution < -0.4 is 14.9 Å². The highest BCUT2D eigenvalue weighted by molar-refractivity contribution is 7.92. The van der Waals surface area contributed by atoms with Crippen LogP contribution in [0.25, 0.3) is 0 Å². The van der Waals surface area contributed by atoms with Crippen molar-refractivity contribution in [2.75, 3.05) is 47.7 Å². The number of likely N-dealkylation sites (N-methyl/N-ethyl adjacent to an activating group) is 1. The second-order valence-electron chi connectivity index (χ2n) is 6.78. The molecule has 1 aliphatic rings. The summed E-state index contributed by atoms with van der Waals surface area (Å²) in [6.45, 7) is 8.67. The predicted octanol–water partition coefficient (Wildman–Crippen LogP) is 2.59. The number of carbonyl (C=O) groups is 1. The molecule has 1 saturated heterocycles. The number of piperazine rings is 1. The Hall–Kier alpha value is -2.58. The molecule has 0 spiro atoms. The number of rotatable bonds is 6. The van der Waals surface area contributed by atoms with Crippen LogP contribution in [0.3, 0.4) is 0 Å². The van der Waals surface area contributed by atoms with Gasteiger partial charge in [0.15, 0.2) is 0 Å². The van der Waals surface area contributed by atoms with Gasteiger partial charge in [0.1, 0.15) is 0 Å². The van der Waals surface area contributed by atoms with Crippen molar-refractivity contribution >= 4 is 33.0 Å². The fourth-order valence-corrected chi connectivity index (χ4v) is 4.26. The molecular weight excluding hydrogens is 376 g/mol. The van der Waals surface area contributed by atoms with Gasteiger partial charge in [-0.15, -0.1) is 0 Å². The van der Waals surface area contributed by atoms with Crippen molar-refractivity contribution in [3.63, 3.8) is 0 Å². The summed E-state index contributed by atoms with van der Waals surface area (Å²) in [5.74, 6) is -0.204. The van der Waals surface area contributed by atoms with E-state index in [9.17, 15) is 13.2 Å². The normalized spacial score (nSPS) is 15.3. The van der Waals surface area contributed by atoms with Crippen LogP contribution in [0, 0.1) is 0 Å². The Morgan fingerprint density at radius 3 is 2.04 bits per heavy atom. The summed E-state index contributed by atoms with van der Waals surface area (Å²) in [5, 5.41) is 2.62. The van der Waals surface area contributed by atoms with Crippen LogP contribution in [0.2, 0.25) is 0 Å². The van der Waals surface area contributed by atoms with Crippen molar-refractivity contribution in [1.82, 2.24) is 4.90 Å². The van der Waals surface area contributed by atoms with E-state index in [0.717, 1.165) is 38.4 Å². The van der Waals surface area contributed by atoms with Crippen molar-refractivity contribution in [2.24, 2.45) is 0 Å². The third-order valence-corrected chi connectivity index (χ3v) is 6.19. The van der Waals surface area contributed by atoms with E-state index in [1.807, 2.05) is 12.1 Å². The Morgan fingerprint density at radius 2 is 1.50 bits per heavy atom. The highest BCUT2D eigenvalue weighted by Gasteiger charge is 2.17. The van der Waals surface area contributed by atoms with Gasteiger partial charge in [0.25, 0.3) is 10.0 Å². The molecule has 0 aliphatic carbocycles. The largest absolute Gasteiger partial charge is 0.369 e. The lowest BCUT2D eigenvalue weighted by atomic mass is 10.2. The fourth-order valence-electron chi connectivity index (χ4n) is 3.20. The number of hydrogen-bond donors (Lipinski definition) is 2. The van der Waals surface area contributed by atoms with Gasteiger partial charge in [-0.25, -0.2) is 8.42 Å². The van der Waals surface area contributed by atoms with Gasteiger partial charge < -0.3 is 15.1 Å². The number of amides is 1. The molecule has 2 N–H and O–H groups in total. The second-order valence-corrected chi connectivity index (χ2v) is 8.46. The molecule has 2 aromatic rings. The summed E-state index contributed by atoms with van der Waals surface area (Å²) in [5.41, 5.74) is 2.17. The Balaban J connectivity index is 1.65. The molecule has 28 heavy (non-hydrogen) atoms. The van der Waals surface area contributed by atoms with E-state index in [1.165, 1.54) is 19.1 Å². The molecule has 0 unspecified atom stereocenters. The molecule has 1 aliphatic heterocycles. The van der Waals surface area contributed by atoms with Gasteiger partial charge >= 0.3 is 0 Å². The van der Waals surface area contributed by atoms with Gasteiger partial charge in [0, 0.05) is 50.2 Å². The first-order valence-corrected chi connectivity index (χ1v) is 10.8. The summed E-state index contributed by atoms with van der Waals surface area (Å²) < 4.78 is 27.8. The van der Waals surface area contributed by atoms with E-state index in [4.69, 9.17) is 0 Å². The molecule has 7 nitrogen and oxygen atoms in total. The van der Waals surface area contributed by atoms with Crippen molar-refractivity contribution in [1.29, 1.82) is 0 Å². The number of nitrogens with one attached hydrogen (secondary N) is 2. The monoisotopic (exact) mass is 402 g/mol. The summed E-state index contributed by atoms with van der Waals surface area (Å²) in [4.78, 5) is 15.9. The molecule has 1 heterocycles. The number of benzene rings is 2. The van der Waals surface area contributed by atoms with E-state index >= 15 is 0 Å². The maximum Gasteiger partial charge on any atom is 0.261 e. The van der Waals surface area contributed by atoms with Crippen molar-refractivity contribution in [3.8, 4) is 0 Å². The quantitative estimate of drug-likeness (QED) is 0.776. The van der Waals surface area contributed by atoms with Gasteiger partial charge in [-0.3, -0.25) is 9.52 Å². The number of hydrogen-bond acceptors (Lipinski definition) is 5. The topological polar surface area (TPSA) is 81.8 Å². The highest BCUT2D eigenvalue weighted by atomic mass is 32.2. The average Bonchev–Trinajstić information content (AvgIpc) is 2.68. The van der Waals surface area contributed by atoms with Crippen LogP contribution in [0.5, 0.6) is 0 Å². The zero-order valence-electron chi connectivity index (χ0n) is 16.2. The molecule has 0 radical (unpaired) electrons. The molecule has 0 aromatic heterocycles. The third kappa shape index (κ3) is 5.02. The van der Waals surface area contributed by atoms with Gasteiger partial charge in [-0.2, -0.15) is 0 Å². The Labute approximate surface area is 166 Å². The van der Waals surface area contributed by atoms with E-state index in [1.54, 1.807) is 24.3 Å². The number of anilines is 3. The molecule has 3 rings (SSSR count). The van der Waals surface area contributed by atoms with Crippen molar-refractivity contribution in [3.05, 3.63) is 48.5 Å². The van der Waals surface area contributed by atoms with Gasteiger partial charge in [0.2, 0.25) is 5.91 Å². The smallest absolute Gasteiger partial charge is 0.261 e. The minimum absolute atomic E-state index is 0.140. The van der Waals surface area contributed by atoms with Gasteiger partial charge in [-0.1, -0.05) is 6.92 Å². The van der Waals surface area contributed by atoms with Crippen LogP contribution >= 0.6 is 0 Å². The standard InChI is InChI=1S/C20H26N4O3S/c1-3-23-12-14-24(15-13-23)19-8-4-18(5-9-19)22-28(26,27)20-10-6-17(7-11-20)21-16(2)25/h4-11,22H,3,12-15H2,1-2H3,(H,21,25). The molecule has 1 fully saturated rings. The van der Waals surface area contributed by atoms with Crippen LogP contribution in [-0.2, 0) is 14.8 Å². The first-order valence-electron chi connectivity index (χ1n) is 9.35. The third-order valence-electron chi connectivity index (χ3n) is 4.79. The molecule has 150 valence electrons. The minimum Gasteiger partial charge on any atom is -0.369 e. The molecule has 1 amide bonds. The first kappa shape index (κ1) is 20.2. The zero-order chi connectivity index (χ0) is 20.1. The highest BCUT2D eigenvalue weighted by Crippen LogP contribution is 2.22. The van der Waals surface area contributed by atoms with Gasteiger partial charge in [-0.05, 0) is 55.1 Å². The average molecular weight is 403 g/mol. The van der Waals surface area contributed by atoms with Crippen LogP contribution in [-0.4, -0.2) is 51.9 Å². The Morgan fingerprint density at radius 1 is 0.929 bits per heavy atom. The molecule has 2 aromatic carbocycles. The SMILES string of the molecule is CCN1CCN(c2ccc(NS(=O)(=O)c3ccc(NC(C)=O)cc3)cc2)CC1. The molecule has 0 saturated carbocycles. The van der Waals surface area contributed by atoms with Crippen LogP contribution in [0.4, 0.5) is 17.1 Å². The lowest BCUT2D eigenvalue weighted by molar-refractivity contribution is -0.114. The second kappa shape index (κ2) is 8.62.